The number of piperidine rings is 1. The first-order valence-electron chi connectivity index (χ1n) is 7.39. The van der Waals surface area contributed by atoms with Crippen LogP contribution < -0.4 is 5.73 Å². The van der Waals surface area contributed by atoms with Crippen molar-refractivity contribution in [2.45, 2.75) is 45.1 Å². The lowest BCUT2D eigenvalue weighted by atomic mass is 9.97. The van der Waals surface area contributed by atoms with Gasteiger partial charge in [0.05, 0.1) is 4.92 Å². The van der Waals surface area contributed by atoms with Gasteiger partial charge in [0.25, 0.3) is 11.6 Å². The number of anilines is 1. The molecular weight excluding hydrogens is 270 g/mol. The molecule has 1 aliphatic rings. The number of nitrogens with two attached hydrogens (primary N) is 1. The summed E-state index contributed by atoms with van der Waals surface area (Å²) in [6.45, 7) is 2.83. The van der Waals surface area contributed by atoms with Crippen LogP contribution in [0, 0.1) is 10.1 Å². The smallest absolute Gasteiger partial charge is 0.292 e. The van der Waals surface area contributed by atoms with E-state index in [1.807, 2.05) is 4.90 Å². The average Bonchev–Trinajstić information content (AvgIpc) is 2.47. The maximum absolute atomic E-state index is 12.6. The molecule has 2 rings (SSSR count). The van der Waals surface area contributed by atoms with Crippen molar-refractivity contribution in [3.05, 3.63) is 33.9 Å². The highest BCUT2D eigenvalue weighted by Crippen LogP contribution is 2.26. The molecule has 0 radical (unpaired) electrons. The molecule has 0 spiro atoms. The summed E-state index contributed by atoms with van der Waals surface area (Å²) in [7, 11) is 0. The van der Waals surface area contributed by atoms with Gasteiger partial charge in [-0.1, -0.05) is 13.3 Å². The SMILES string of the molecule is CCCC1CCCCN1C(=O)c1ccc(N)c([N+](=O)[O-])c1. The van der Waals surface area contributed by atoms with E-state index in [-0.39, 0.29) is 23.3 Å². The van der Waals surface area contributed by atoms with Gasteiger partial charge in [-0.2, -0.15) is 0 Å². The molecule has 1 saturated heterocycles. The lowest BCUT2D eigenvalue weighted by Gasteiger charge is -2.35. The molecule has 0 saturated carbocycles. The van der Waals surface area contributed by atoms with E-state index < -0.39 is 4.92 Å². The quantitative estimate of drug-likeness (QED) is 0.524. The molecule has 114 valence electrons. The molecule has 6 heteroatoms. The Labute approximate surface area is 124 Å². The Balaban J connectivity index is 2.26. The Morgan fingerprint density at radius 3 is 2.90 bits per heavy atom. The van der Waals surface area contributed by atoms with Crippen molar-refractivity contribution >= 4 is 17.3 Å². The van der Waals surface area contributed by atoms with Gasteiger partial charge in [-0.05, 0) is 37.8 Å². The molecule has 2 N–H and O–H groups in total. The van der Waals surface area contributed by atoms with E-state index in [4.69, 9.17) is 5.73 Å². The summed E-state index contributed by atoms with van der Waals surface area (Å²) in [4.78, 5) is 24.9. The summed E-state index contributed by atoms with van der Waals surface area (Å²) < 4.78 is 0. The fourth-order valence-electron chi connectivity index (χ4n) is 2.90. The van der Waals surface area contributed by atoms with Gasteiger partial charge in [-0.25, -0.2) is 0 Å². The van der Waals surface area contributed by atoms with Crippen LogP contribution >= 0.6 is 0 Å². The van der Waals surface area contributed by atoms with E-state index in [0.29, 0.717) is 5.56 Å². The number of nitro benzene ring substituents is 1. The predicted molar refractivity (Wildman–Crippen MR) is 81.1 cm³/mol. The van der Waals surface area contributed by atoms with E-state index >= 15 is 0 Å². The van der Waals surface area contributed by atoms with Crippen molar-refractivity contribution in [3.63, 3.8) is 0 Å². The topological polar surface area (TPSA) is 89.5 Å². The zero-order valence-electron chi connectivity index (χ0n) is 12.2. The third-order valence-corrected chi connectivity index (χ3v) is 3.98. The van der Waals surface area contributed by atoms with Gasteiger partial charge in [-0.15, -0.1) is 0 Å². The average molecular weight is 291 g/mol. The number of carbonyl (C=O) groups excluding carboxylic acids is 1. The number of likely N-dealkylation sites (tertiary alicyclic amines) is 1. The number of hydrogen-bond acceptors (Lipinski definition) is 4. The normalized spacial score (nSPS) is 18.5. The van der Waals surface area contributed by atoms with E-state index in [1.165, 1.54) is 12.1 Å². The fraction of sp³-hybridized carbons (Fsp3) is 0.533. The molecule has 1 aromatic rings. The van der Waals surface area contributed by atoms with E-state index in [1.54, 1.807) is 6.07 Å². The Bertz CT molecular complexity index is 543. The summed E-state index contributed by atoms with van der Waals surface area (Å²) in [5.41, 5.74) is 5.80. The first kappa shape index (κ1) is 15.3. The van der Waals surface area contributed by atoms with E-state index in [9.17, 15) is 14.9 Å². The maximum atomic E-state index is 12.6. The van der Waals surface area contributed by atoms with Crippen LogP contribution in [0.15, 0.2) is 18.2 Å². The van der Waals surface area contributed by atoms with Crippen LogP contribution in [0.1, 0.15) is 49.4 Å². The van der Waals surface area contributed by atoms with Crippen LogP contribution in [-0.4, -0.2) is 28.3 Å². The first-order valence-corrected chi connectivity index (χ1v) is 7.39. The third-order valence-electron chi connectivity index (χ3n) is 3.98. The van der Waals surface area contributed by atoms with E-state index in [0.717, 1.165) is 38.6 Å². The van der Waals surface area contributed by atoms with Crippen molar-refractivity contribution in [1.82, 2.24) is 4.90 Å². The molecule has 0 bridgehead atoms. The number of rotatable bonds is 4. The van der Waals surface area contributed by atoms with Crippen LogP contribution in [-0.2, 0) is 0 Å². The summed E-state index contributed by atoms with van der Waals surface area (Å²) in [5, 5.41) is 10.9. The Morgan fingerprint density at radius 2 is 2.24 bits per heavy atom. The number of nitrogen functional groups attached to an aromatic ring is 1. The van der Waals surface area contributed by atoms with Crippen LogP contribution in [0.5, 0.6) is 0 Å². The number of nitrogens with zero attached hydrogens (tertiary/aromatic N) is 2. The van der Waals surface area contributed by atoms with Gasteiger partial charge >= 0.3 is 0 Å². The molecule has 1 atom stereocenters. The minimum Gasteiger partial charge on any atom is -0.393 e. The maximum Gasteiger partial charge on any atom is 0.292 e. The molecule has 1 amide bonds. The molecule has 1 aromatic carbocycles. The fourth-order valence-corrected chi connectivity index (χ4v) is 2.90. The summed E-state index contributed by atoms with van der Waals surface area (Å²) in [5.74, 6) is -0.128. The summed E-state index contributed by atoms with van der Waals surface area (Å²) >= 11 is 0. The van der Waals surface area contributed by atoms with Crippen LogP contribution in [0.4, 0.5) is 11.4 Å². The summed E-state index contributed by atoms with van der Waals surface area (Å²) in [6.07, 6.45) is 5.13. The standard InChI is InChI=1S/C15H21N3O3/c1-2-5-12-6-3-4-9-17(12)15(19)11-7-8-13(16)14(10-11)18(20)21/h7-8,10,12H,2-6,9,16H2,1H3. The Hall–Kier alpha value is -2.11. The lowest BCUT2D eigenvalue weighted by Crippen LogP contribution is -2.43. The van der Waals surface area contributed by atoms with Gasteiger partial charge in [0.2, 0.25) is 0 Å². The molecule has 1 unspecified atom stereocenters. The second-order valence-electron chi connectivity index (χ2n) is 5.47. The van der Waals surface area contributed by atoms with Crippen molar-refractivity contribution < 1.29 is 9.72 Å². The number of benzene rings is 1. The van der Waals surface area contributed by atoms with E-state index in [2.05, 4.69) is 6.92 Å². The minimum atomic E-state index is -0.550. The second kappa shape index (κ2) is 6.56. The van der Waals surface area contributed by atoms with Gasteiger partial charge < -0.3 is 10.6 Å². The highest BCUT2D eigenvalue weighted by Gasteiger charge is 2.28. The second-order valence-corrected chi connectivity index (χ2v) is 5.47. The van der Waals surface area contributed by atoms with Crippen LogP contribution in [0.2, 0.25) is 0 Å². The van der Waals surface area contributed by atoms with Crippen LogP contribution in [0.25, 0.3) is 0 Å². The largest absolute Gasteiger partial charge is 0.393 e. The van der Waals surface area contributed by atoms with Gasteiger partial charge in [0.15, 0.2) is 0 Å². The molecule has 1 fully saturated rings. The third kappa shape index (κ3) is 3.32. The summed E-state index contributed by atoms with van der Waals surface area (Å²) in [6, 6.07) is 4.54. The zero-order chi connectivity index (χ0) is 15.4. The minimum absolute atomic E-state index is 0.0836. The molecule has 1 heterocycles. The predicted octanol–water partition coefficient (Wildman–Crippen LogP) is 2.97. The number of amides is 1. The molecule has 0 aliphatic carbocycles. The van der Waals surface area contributed by atoms with Crippen molar-refractivity contribution in [1.29, 1.82) is 0 Å². The Morgan fingerprint density at radius 1 is 1.48 bits per heavy atom. The monoisotopic (exact) mass is 291 g/mol. The number of nitro groups is 1. The molecule has 6 nitrogen and oxygen atoms in total. The van der Waals surface area contributed by atoms with Gasteiger partial charge in [-0.3, -0.25) is 14.9 Å². The Kier molecular flexibility index (Phi) is 4.77. The van der Waals surface area contributed by atoms with Gasteiger partial charge in [0.1, 0.15) is 5.69 Å². The van der Waals surface area contributed by atoms with Crippen molar-refractivity contribution in [2.24, 2.45) is 0 Å². The number of hydrogen-bond donors (Lipinski definition) is 1. The van der Waals surface area contributed by atoms with Gasteiger partial charge in [0, 0.05) is 24.2 Å². The first-order chi connectivity index (χ1) is 10.0. The highest BCUT2D eigenvalue weighted by molar-refractivity contribution is 5.96. The molecule has 21 heavy (non-hydrogen) atoms. The lowest BCUT2D eigenvalue weighted by molar-refractivity contribution is -0.383. The van der Waals surface area contributed by atoms with Crippen molar-refractivity contribution in [3.8, 4) is 0 Å². The molecular formula is C15H21N3O3. The highest BCUT2D eigenvalue weighted by atomic mass is 16.6. The molecule has 0 aromatic heterocycles. The zero-order valence-corrected chi connectivity index (χ0v) is 12.2. The van der Waals surface area contributed by atoms with Crippen molar-refractivity contribution in [2.75, 3.05) is 12.3 Å². The number of carbonyl (C=O) groups is 1. The molecule has 1 aliphatic heterocycles. The van der Waals surface area contributed by atoms with Crippen LogP contribution in [0.3, 0.4) is 0 Å².